The van der Waals surface area contributed by atoms with Crippen LogP contribution in [0.4, 0.5) is 13.2 Å². The fraction of sp³-hybridized carbons (Fsp3) is 0.143. The van der Waals surface area contributed by atoms with E-state index in [0.29, 0.717) is 0 Å². The molecule has 0 aliphatic rings. The topological polar surface area (TPSA) is 20.2 Å². The van der Waals surface area contributed by atoms with Gasteiger partial charge in [-0.3, -0.25) is 0 Å². The van der Waals surface area contributed by atoms with Gasteiger partial charge in [-0.15, -0.1) is 0 Å². The van der Waals surface area contributed by atoms with Gasteiger partial charge in [0.25, 0.3) is 0 Å². The Bertz CT molecular complexity index is 561. The molecular weight excluding hydrogens is 277 g/mol. The third-order valence-corrected chi connectivity index (χ3v) is 2.95. The molecule has 1 N–H and O–H groups in total. The molecule has 0 radical (unpaired) electrons. The minimum Gasteiger partial charge on any atom is -0.388 e. The van der Waals surface area contributed by atoms with Crippen LogP contribution in [0.15, 0.2) is 36.4 Å². The molecule has 0 aliphatic carbocycles. The van der Waals surface area contributed by atoms with Gasteiger partial charge in [-0.05, 0) is 35.9 Å². The Hall–Kier alpha value is -1.52. The van der Waals surface area contributed by atoms with Crippen LogP contribution in [-0.4, -0.2) is 5.11 Å². The minimum absolute atomic E-state index is 0.114. The number of rotatable bonds is 3. The third kappa shape index (κ3) is 3.28. The van der Waals surface area contributed by atoms with E-state index < -0.39 is 23.6 Å². The first kappa shape index (κ1) is 13.9. The van der Waals surface area contributed by atoms with E-state index in [2.05, 4.69) is 0 Å². The predicted molar refractivity (Wildman–Crippen MR) is 66.4 cm³/mol. The second kappa shape index (κ2) is 5.63. The van der Waals surface area contributed by atoms with E-state index in [1.165, 1.54) is 12.1 Å². The second-order valence-electron chi connectivity index (χ2n) is 4.12. The van der Waals surface area contributed by atoms with E-state index in [-0.39, 0.29) is 22.6 Å². The molecule has 2 aromatic rings. The highest BCUT2D eigenvalue weighted by Gasteiger charge is 2.16. The highest BCUT2D eigenvalue weighted by molar-refractivity contribution is 6.30. The number of aliphatic hydroxyl groups excluding tert-OH is 1. The lowest BCUT2D eigenvalue weighted by atomic mass is 10.0. The van der Waals surface area contributed by atoms with E-state index in [4.69, 9.17) is 11.6 Å². The Morgan fingerprint density at radius 3 is 2.26 bits per heavy atom. The summed E-state index contributed by atoms with van der Waals surface area (Å²) < 4.78 is 40.0. The number of hydrogen-bond acceptors (Lipinski definition) is 1. The highest BCUT2D eigenvalue weighted by atomic mass is 35.5. The van der Waals surface area contributed by atoms with Gasteiger partial charge in [-0.25, -0.2) is 13.2 Å². The third-order valence-electron chi connectivity index (χ3n) is 2.73. The second-order valence-corrected chi connectivity index (χ2v) is 4.56. The largest absolute Gasteiger partial charge is 0.388 e. The Labute approximate surface area is 113 Å². The Kier molecular flexibility index (Phi) is 4.12. The molecule has 1 unspecified atom stereocenters. The average molecular weight is 287 g/mol. The number of benzene rings is 2. The molecule has 0 saturated carbocycles. The first-order chi connectivity index (χ1) is 8.97. The molecule has 5 heteroatoms. The molecule has 2 rings (SSSR count). The van der Waals surface area contributed by atoms with Gasteiger partial charge in [-0.2, -0.15) is 0 Å². The lowest BCUT2D eigenvalue weighted by molar-refractivity contribution is 0.175. The van der Waals surface area contributed by atoms with E-state index in [0.717, 1.165) is 24.3 Å². The maximum absolute atomic E-state index is 13.4. The molecule has 0 saturated heterocycles. The van der Waals surface area contributed by atoms with Crippen molar-refractivity contribution in [3.63, 3.8) is 0 Å². The van der Waals surface area contributed by atoms with Gasteiger partial charge in [0.15, 0.2) is 0 Å². The molecule has 0 amide bonds. The summed E-state index contributed by atoms with van der Waals surface area (Å²) in [5.41, 5.74) is -0.0666. The molecule has 0 aromatic heterocycles. The molecule has 0 bridgehead atoms. The molecule has 1 nitrogen and oxygen atoms in total. The van der Waals surface area contributed by atoms with Crippen LogP contribution >= 0.6 is 11.6 Å². The molecule has 0 heterocycles. The van der Waals surface area contributed by atoms with Gasteiger partial charge >= 0.3 is 0 Å². The van der Waals surface area contributed by atoms with Crippen molar-refractivity contribution in [2.45, 2.75) is 12.5 Å². The molecular formula is C14H10ClF3O. The van der Waals surface area contributed by atoms with E-state index in [1.807, 2.05) is 0 Å². The monoisotopic (exact) mass is 286 g/mol. The van der Waals surface area contributed by atoms with Crippen molar-refractivity contribution in [1.82, 2.24) is 0 Å². The number of halogens is 4. The fourth-order valence-electron chi connectivity index (χ4n) is 1.81. The normalized spacial score (nSPS) is 12.5. The van der Waals surface area contributed by atoms with Crippen molar-refractivity contribution in [3.8, 4) is 0 Å². The Morgan fingerprint density at radius 2 is 1.68 bits per heavy atom. The summed E-state index contributed by atoms with van der Waals surface area (Å²) in [5.74, 6) is -2.11. The first-order valence-electron chi connectivity index (χ1n) is 5.54. The zero-order chi connectivity index (χ0) is 14.0. The van der Waals surface area contributed by atoms with Crippen molar-refractivity contribution >= 4 is 11.6 Å². The van der Waals surface area contributed by atoms with Crippen molar-refractivity contribution < 1.29 is 18.3 Å². The molecule has 1 atom stereocenters. The van der Waals surface area contributed by atoms with Crippen LogP contribution in [0.3, 0.4) is 0 Å². The quantitative estimate of drug-likeness (QED) is 0.903. The van der Waals surface area contributed by atoms with Gasteiger partial charge in [0.2, 0.25) is 0 Å². The molecule has 19 heavy (non-hydrogen) atoms. The van der Waals surface area contributed by atoms with Crippen molar-refractivity contribution in [1.29, 1.82) is 0 Å². The average Bonchev–Trinajstić information content (AvgIpc) is 2.32. The SMILES string of the molecule is OC(Cc1c(F)cccc1F)c1cc(F)cc(Cl)c1. The van der Waals surface area contributed by atoms with Crippen molar-refractivity contribution in [2.24, 2.45) is 0 Å². The number of aliphatic hydroxyl groups is 1. The summed E-state index contributed by atoms with van der Waals surface area (Å²) in [6.45, 7) is 0. The zero-order valence-corrected chi connectivity index (χ0v) is 10.5. The standard InChI is InChI=1S/C14H10ClF3O/c15-9-4-8(5-10(16)6-9)14(19)7-11-12(17)2-1-3-13(11)18/h1-6,14,19H,7H2. The fourth-order valence-corrected chi connectivity index (χ4v) is 2.04. The molecule has 2 aromatic carbocycles. The van der Waals surface area contributed by atoms with Gasteiger partial charge in [0.05, 0.1) is 6.10 Å². The van der Waals surface area contributed by atoms with Crippen LogP contribution in [0.1, 0.15) is 17.2 Å². The Balaban J connectivity index is 2.28. The van der Waals surface area contributed by atoms with Crippen LogP contribution in [0.25, 0.3) is 0 Å². The van der Waals surface area contributed by atoms with Crippen molar-refractivity contribution in [2.75, 3.05) is 0 Å². The van der Waals surface area contributed by atoms with E-state index in [9.17, 15) is 18.3 Å². The van der Waals surface area contributed by atoms with Gasteiger partial charge in [0, 0.05) is 17.0 Å². The van der Waals surface area contributed by atoms with Crippen LogP contribution in [0.5, 0.6) is 0 Å². The zero-order valence-electron chi connectivity index (χ0n) is 9.71. The molecule has 0 spiro atoms. The summed E-state index contributed by atoms with van der Waals surface area (Å²) in [5, 5.41) is 10.0. The number of hydrogen-bond donors (Lipinski definition) is 1. The maximum Gasteiger partial charge on any atom is 0.129 e. The summed E-state index contributed by atoms with van der Waals surface area (Å²) in [7, 11) is 0. The van der Waals surface area contributed by atoms with Crippen molar-refractivity contribution in [3.05, 3.63) is 70.0 Å². The molecule has 0 aliphatic heterocycles. The lowest BCUT2D eigenvalue weighted by Gasteiger charge is -2.13. The summed E-state index contributed by atoms with van der Waals surface area (Å²) in [6, 6.07) is 6.96. The van der Waals surface area contributed by atoms with E-state index in [1.54, 1.807) is 0 Å². The maximum atomic E-state index is 13.4. The lowest BCUT2D eigenvalue weighted by Crippen LogP contribution is -2.06. The van der Waals surface area contributed by atoms with Crippen LogP contribution in [0, 0.1) is 17.5 Å². The van der Waals surface area contributed by atoms with Gasteiger partial charge in [0.1, 0.15) is 17.5 Å². The smallest absolute Gasteiger partial charge is 0.129 e. The minimum atomic E-state index is -1.24. The van der Waals surface area contributed by atoms with Crippen LogP contribution < -0.4 is 0 Å². The van der Waals surface area contributed by atoms with E-state index >= 15 is 0 Å². The predicted octanol–water partition coefficient (Wildman–Crippen LogP) is 4.03. The molecule has 100 valence electrons. The summed E-state index contributed by atoms with van der Waals surface area (Å²) in [6.07, 6.45) is -1.53. The highest BCUT2D eigenvalue weighted by Crippen LogP contribution is 2.25. The summed E-state index contributed by atoms with van der Waals surface area (Å²) in [4.78, 5) is 0. The van der Waals surface area contributed by atoms with Crippen LogP contribution in [0.2, 0.25) is 5.02 Å². The Morgan fingerprint density at radius 1 is 1.05 bits per heavy atom. The first-order valence-corrected chi connectivity index (χ1v) is 5.92. The van der Waals surface area contributed by atoms with Gasteiger partial charge in [-0.1, -0.05) is 17.7 Å². The van der Waals surface area contributed by atoms with Crippen LogP contribution in [-0.2, 0) is 6.42 Å². The summed E-state index contributed by atoms with van der Waals surface area (Å²) >= 11 is 5.66. The van der Waals surface area contributed by atoms with Gasteiger partial charge < -0.3 is 5.11 Å². The molecule has 0 fully saturated rings.